The first kappa shape index (κ1) is 13.0. The molecule has 1 aromatic heterocycles. The highest BCUT2D eigenvalue weighted by Crippen LogP contribution is 2.31. The first-order chi connectivity index (χ1) is 9.58. The van der Waals surface area contributed by atoms with Gasteiger partial charge in [0.05, 0.1) is 5.56 Å². The summed E-state index contributed by atoms with van der Waals surface area (Å²) >= 11 is 5.72. The third kappa shape index (κ3) is 2.04. The predicted molar refractivity (Wildman–Crippen MR) is 75.4 cm³/mol. The molecule has 2 aromatic rings. The third-order valence-electron chi connectivity index (χ3n) is 3.74. The summed E-state index contributed by atoms with van der Waals surface area (Å²) in [5.41, 5.74) is 2.29. The van der Waals surface area contributed by atoms with E-state index in [0.717, 1.165) is 16.6 Å². The Morgan fingerprint density at radius 1 is 1.35 bits per heavy atom. The molecule has 3 rings (SSSR count). The molecule has 104 valence electrons. The quantitative estimate of drug-likeness (QED) is 0.836. The molecule has 1 amide bonds. The molecule has 1 atom stereocenters. The van der Waals surface area contributed by atoms with Crippen LogP contribution < -0.4 is 5.32 Å². The Morgan fingerprint density at radius 3 is 2.80 bits per heavy atom. The number of rotatable bonds is 2. The number of carbonyl (C=O) groups is 2. The number of carboxylic acid groups (broad SMARTS) is 1. The van der Waals surface area contributed by atoms with Gasteiger partial charge in [0.15, 0.2) is 0 Å². The molecular formula is C14H13ClN2O3. The van der Waals surface area contributed by atoms with Gasteiger partial charge >= 0.3 is 6.09 Å². The minimum atomic E-state index is -1.04. The zero-order valence-electron chi connectivity index (χ0n) is 10.6. The summed E-state index contributed by atoms with van der Waals surface area (Å²) in [6.45, 7) is 0.672. The van der Waals surface area contributed by atoms with E-state index in [4.69, 9.17) is 16.7 Å². The van der Waals surface area contributed by atoms with Crippen molar-refractivity contribution in [3.63, 3.8) is 0 Å². The van der Waals surface area contributed by atoms with Crippen molar-refractivity contribution in [3.8, 4) is 0 Å². The molecule has 0 fully saturated rings. The highest BCUT2D eigenvalue weighted by atomic mass is 35.5. The fourth-order valence-corrected chi connectivity index (χ4v) is 3.17. The molecule has 0 radical (unpaired) electrons. The predicted octanol–water partition coefficient (Wildman–Crippen LogP) is 2.60. The molecule has 0 aliphatic carbocycles. The Kier molecular flexibility index (Phi) is 3.14. The van der Waals surface area contributed by atoms with E-state index in [-0.39, 0.29) is 6.04 Å². The van der Waals surface area contributed by atoms with Gasteiger partial charge in [0, 0.05) is 35.6 Å². The Hall–Kier alpha value is -2.01. The molecule has 1 aromatic carbocycles. The van der Waals surface area contributed by atoms with Crippen LogP contribution in [0.3, 0.4) is 0 Å². The summed E-state index contributed by atoms with van der Waals surface area (Å²) in [5, 5.41) is 11.6. The van der Waals surface area contributed by atoms with Gasteiger partial charge in [-0.25, -0.2) is 4.79 Å². The Morgan fingerprint density at radius 2 is 2.10 bits per heavy atom. The van der Waals surface area contributed by atoms with E-state index in [2.05, 4.69) is 9.88 Å². The van der Waals surface area contributed by atoms with Crippen LogP contribution in [0.5, 0.6) is 0 Å². The van der Waals surface area contributed by atoms with E-state index in [1.165, 1.54) is 0 Å². The number of benzene rings is 1. The minimum absolute atomic E-state index is 0.181. The van der Waals surface area contributed by atoms with E-state index in [1.807, 2.05) is 24.3 Å². The summed E-state index contributed by atoms with van der Waals surface area (Å²) in [4.78, 5) is 22.5. The average molecular weight is 293 g/mol. The fourth-order valence-electron chi connectivity index (χ4n) is 2.96. The van der Waals surface area contributed by atoms with E-state index < -0.39 is 11.3 Å². The van der Waals surface area contributed by atoms with Gasteiger partial charge < -0.3 is 15.0 Å². The highest BCUT2D eigenvalue weighted by Gasteiger charge is 2.27. The van der Waals surface area contributed by atoms with E-state index in [0.29, 0.717) is 24.9 Å². The van der Waals surface area contributed by atoms with E-state index in [1.54, 1.807) is 0 Å². The van der Waals surface area contributed by atoms with Gasteiger partial charge in [0.25, 0.3) is 5.24 Å². The molecule has 1 aliphatic rings. The maximum Gasteiger partial charge on any atom is 0.404 e. The van der Waals surface area contributed by atoms with Gasteiger partial charge in [0.2, 0.25) is 0 Å². The first-order valence-electron chi connectivity index (χ1n) is 6.37. The fraction of sp³-hybridized carbons (Fsp3) is 0.286. The van der Waals surface area contributed by atoms with Crippen LogP contribution in [-0.2, 0) is 13.0 Å². The summed E-state index contributed by atoms with van der Waals surface area (Å²) in [7, 11) is 0. The summed E-state index contributed by atoms with van der Waals surface area (Å²) in [6.07, 6.45) is 0.140. The summed E-state index contributed by atoms with van der Waals surface area (Å²) in [6, 6.07) is 7.42. The van der Waals surface area contributed by atoms with Crippen molar-refractivity contribution in [2.45, 2.75) is 25.4 Å². The number of para-hydroxylation sites is 1. The Balaban J connectivity index is 2.12. The SMILES string of the molecule is O=C(O)NC1CCn2c(c(C(=O)Cl)c3ccccc32)C1. The first-order valence-corrected chi connectivity index (χ1v) is 6.75. The minimum Gasteiger partial charge on any atom is -0.465 e. The number of aryl methyl sites for hydroxylation is 1. The lowest BCUT2D eigenvalue weighted by Gasteiger charge is -2.25. The molecule has 0 saturated carbocycles. The largest absolute Gasteiger partial charge is 0.465 e. The second-order valence-electron chi connectivity index (χ2n) is 4.90. The van der Waals surface area contributed by atoms with Crippen LogP contribution in [0.4, 0.5) is 4.79 Å². The van der Waals surface area contributed by atoms with Crippen LogP contribution in [0.2, 0.25) is 0 Å². The summed E-state index contributed by atoms with van der Waals surface area (Å²) < 4.78 is 2.06. The maximum atomic E-state index is 11.7. The van der Waals surface area contributed by atoms with Gasteiger partial charge in [-0.2, -0.15) is 0 Å². The van der Waals surface area contributed by atoms with Crippen LogP contribution in [0.15, 0.2) is 24.3 Å². The van der Waals surface area contributed by atoms with Crippen molar-refractivity contribution in [1.82, 2.24) is 9.88 Å². The molecule has 0 bridgehead atoms. The molecule has 2 N–H and O–H groups in total. The van der Waals surface area contributed by atoms with Crippen LogP contribution in [0.25, 0.3) is 10.9 Å². The lowest BCUT2D eigenvalue weighted by atomic mass is 10.0. The van der Waals surface area contributed by atoms with Gasteiger partial charge in [-0.1, -0.05) is 18.2 Å². The molecule has 0 saturated heterocycles. The number of amides is 1. The van der Waals surface area contributed by atoms with Crippen molar-refractivity contribution >= 4 is 33.8 Å². The number of aromatic nitrogens is 1. The summed E-state index contributed by atoms with van der Waals surface area (Å²) in [5.74, 6) is 0. The number of hydrogen-bond donors (Lipinski definition) is 2. The molecule has 1 aliphatic heterocycles. The molecule has 20 heavy (non-hydrogen) atoms. The highest BCUT2D eigenvalue weighted by molar-refractivity contribution is 6.68. The van der Waals surface area contributed by atoms with Crippen molar-refractivity contribution in [3.05, 3.63) is 35.5 Å². The zero-order chi connectivity index (χ0) is 14.3. The third-order valence-corrected chi connectivity index (χ3v) is 3.93. The van der Waals surface area contributed by atoms with Crippen LogP contribution in [0.1, 0.15) is 22.5 Å². The second kappa shape index (κ2) is 4.83. The van der Waals surface area contributed by atoms with Crippen molar-refractivity contribution in [2.75, 3.05) is 0 Å². The van der Waals surface area contributed by atoms with E-state index in [9.17, 15) is 9.59 Å². The maximum absolute atomic E-state index is 11.7. The molecule has 1 unspecified atom stereocenters. The number of halogens is 1. The number of nitrogens with zero attached hydrogens (tertiary/aromatic N) is 1. The lowest BCUT2D eigenvalue weighted by molar-refractivity contribution is 0.108. The monoisotopic (exact) mass is 292 g/mol. The molecule has 5 nitrogen and oxygen atoms in total. The van der Waals surface area contributed by atoms with Gasteiger partial charge in [-0.05, 0) is 24.1 Å². The molecule has 6 heteroatoms. The van der Waals surface area contributed by atoms with Crippen molar-refractivity contribution < 1.29 is 14.7 Å². The number of nitrogens with one attached hydrogen (secondary N) is 1. The van der Waals surface area contributed by atoms with Crippen LogP contribution in [0, 0.1) is 0 Å². The van der Waals surface area contributed by atoms with E-state index >= 15 is 0 Å². The number of carbonyl (C=O) groups excluding carboxylic acids is 1. The van der Waals surface area contributed by atoms with Crippen LogP contribution in [-0.4, -0.2) is 27.1 Å². The second-order valence-corrected chi connectivity index (χ2v) is 5.25. The Bertz CT molecular complexity index is 708. The molecule has 2 heterocycles. The lowest BCUT2D eigenvalue weighted by Crippen LogP contribution is -2.39. The smallest absolute Gasteiger partial charge is 0.404 e. The van der Waals surface area contributed by atoms with Crippen molar-refractivity contribution in [1.29, 1.82) is 0 Å². The number of fused-ring (bicyclic) bond motifs is 3. The van der Waals surface area contributed by atoms with Gasteiger partial charge in [0.1, 0.15) is 0 Å². The molecular weight excluding hydrogens is 280 g/mol. The average Bonchev–Trinajstić information content (AvgIpc) is 2.71. The number of hydrogen-bond acceptors (Lipinski definition) is 2. The van der Waals surface area contributed by atoms with Crippen molar-refractivity contribution in [2.24, 2.45) is 0 Å². The Labute approximate surface area is 120 Å². The van der Waals surface area contributed by atoms with Crippen LogP contribution >= 0.6 is 11.6 Å². The standard InChI is InChI=1S/C14H13ClN2O3/c15-13(18)12-9-3-1-2-4-10(9)17-6-5-8(7-11(12)17)16-14(19)20/h1-4,8,16H,5-7H2,(H,19,20). The molecule has 0 spiro atoms. The van der Waals surface area contributed by atoms with Gasteiger partial charge in [-0.3, -0.25) is 4.79 Å². The topological polar surface area (TPSA) is 71.3 Å². The zero-order valence-corrected chi connectivity index (χ0v) is 11.4. The normalized spacial score (nSPS) is 17.8. The van der Waals surface area contributed by atoms with Gasteiger partial charge in [-0.15, -0.1) is 0 Å².